The highest BCUT2D eigenvalue weighted by Crippen LogP contribution is 2.05. The monoisotopic (exact) mass is 208 g/mol. The fourth-order valence-corrected chi connectivity index (χ4v) is 1.43. The number of H-pyrrole nitrogens is 1. The number of thiocarbonyl (C=S) groups is 1. The smallest absolute Gasteiger partial charge is 0.272 e. The molecule has 0 fully saturated rings. The molecule has 2 aromatic rings. The van der Waals surface area contributed by atoms with Crippen LogP contribution in [0.5, 0.6) is 0 Å². The van der Waals surface area contributed by atoms with E-state index in [1.165, 1.54) is 10.6 Å². The lowest BCUT2D eigenvalue weighted by Crippen LogP contribution is -2.16. The Bertz CT molecular complexity index is 568. The lowest BCUT2D eigenvalue weighted by molar-refractivity contribution is 0.890. The third-order valence-corrected chi connectivity index (χ3v) is 2.11. The minimum absolute atomic E-state index is 0.171. The second-order valence-corrected chi connectivity index (χ2v) is 3.39. The third-order valence-electron chi connectivity index (χ3n) is 1.89. The molecule has 0 aliphatic carbocycles. The largest absolute Gasteiger partial charge is 0.389 e. The molecule has 2 rings (SSSR count). The lowest BCUT2D eigenvalue weighted by Gasteiger charge is -1.96. The molecule has 14 heavy (non-hydrogen) atoms. The van der Waals surface area contributed by atoms with Crippen molar-refractivity contribution in [2.75, 3.05) is 0 Å². The molecule has 0 saturated heterocycles. The molecule has 0 aliphatic heterocycles. The number of aromatic amines is 1. The van der Waals surface area contributed by atoms with E-state index in [0.717, 1.165) is 0 Å². The maximum absolute atomic E-state index is 11.4. The topological polar surface area (TPSA) is 76.2 Å². The zero-order valence-electron chi connectivity index (χ0n) is 7.44. The Morgan fingerprint density at radius 2 is 2.43 bits per heavy atom. The van der Waals surface area contributed by atoms with E-state index in [9.17, 15) is 4.79 Å². The number of nitrogens with zero attached hydrogens (tertiary/aromatic N) is 2. The molecule has 6 heteroatoms. The van der Waals surface area contributed by atoms with Gasteiger partial charge in [-0.2, -0.15) is 0 Å². The van der Waals surface area contributed by atoms with Crippen LogP contribution in [0.2, 0.25) is 0 Å². The van der Waals surface area contributed by atoms with E-state index in [1.807, 2.05) is 0 Å². The zero-order chi connectivity index (χ0) is 10.3. The maximum Gasteiger partial charge on any atom is 0.272 e. The van der Waals surface area contributed by atoms with Crippen LogP contribution in [0.25, 0.3) is 5.65 Å². The van der Waals surface area contributed by atoms with Crippen molar-refractivity contribution in [3.8, 4) is 0 Å². The first-order valence-electron chi connectivity index (χ1n) is 3.97. The van der Waals surface area contributed by atoms with Crippen LogP contribution >= 0.6 is 12.2 Å². The van der Waals surface area contributed by atoms with Crippen LogP contribution in [0.3, 0.4) is 0 Å². The molecule has 0 aliphatic rings. The first-order chi connectivity index (χ1) is 6.59. The van der Waals surface area contributed by atoms with Gasteiger partial charge in [0, 0.05) is 18.0 Å². The molecule has 0 spiro atoms. The predicted molar refractivity (Wildman–Crippen MR) is 56.4 cm³/mol. The second kappa shape index (κ2) is 2.91. The number of nitrogens with one attached hydrogen (secondary N) is 1. The molecule has 0 saturated carbocycles. The van der Waals surface area contributed by atoms with Crippen LogP contribution in [0.15, 0.2) is 17.1 Å². The molecular formula is C8H8N4OS. The van der Waals surface area contributed by atoms with Crippen molar-refractivity contribution >= 4 is 22.9 Å². The average molecular weight is 208 g/mol. The van der Waals surface area contributed by atoms with Crippen LogP contribution < -0.4 is 11.3 Å². The van der Waals surface area contributed by atoms with Gasteiger partial charge < -0.3 is 5.73 Å². The highest BCUT2D eigenvalue weighted by atomic mass is 32.1. The molecule has 72 valence electrons. The van der Waals surface area contributed by atoms with Gasteiger partial charge in [-0.25, -0.2) is 9.50 Å². The Kier molecular flexibility index (Phi) is 1.85. The van der Waals surface area contributed by atoms with Crippen LogP contribution in [0.4, 0.5) is 0 Å². The highest BCUT2D eigenvalue weighted by molar-refractivity contribution is 7.80. The lowest BCUT2D eigenvalue weighted by atomic mass is 10.3. The molecule has 0 aromatic carbocycles. The molecule has 0 amide bonds. The molecule has 2 aromatic heterocycles. The van der Waals surface area contributed by atoms with Gasteiger partial charge in [0.2, 0.25) is 0 Å². The molecule has 5 nitrogen and oxygen atoms in total. The van der Waals surface area contributed by atoms with E-state index in [4.69, 9.17) is 18.0 Å². The van der Waals surface area contributed by atoms with Crippen molar-refractivity contribution in [3.63, 3.8) is 0 Å². The Morgan fingerprint density at radius 1 is 1.71 bits per heavy atom. The van der Waals surface area contributed by atoms with Crippen LogP contribution in [0.1, 0.15) is 11.3 Å². The Labute approximate surface area is 84.5 Å². The van der Waals surface area contributed by atoms with Gasteiger partial charge in [-0.05, 0) is 6.92 Å². The number of aryl methyl sites for hydroxylation is 1. The number of fused-ring (bicyclic) bond motifs is 1. The number of hydrogen-bond donors (Lipinski definition) is 2. The normalized spacial score (nSPS) is 10.6. The van der Waals surface area contributed by atoms with E-state index in [-0.39, 0.29) is 10.5 Å². The summed E-state index contributed by atoms with van der Waals surface area (Å²) in [6, 6.07) is 1.44. The summed E-state index contributed by atoms with van der Waals surface area (Å²) in [4.78, 5) is 15.8. The van der Waals surface area contributed by atoms with Gasteiger partial charge in [-0.1, -0.05) is 12.2 Å². The predicted octanol–water partition coefficient (Wildman–Crippen LogP) is -0.0348. The van der Waals surface area contributed by atoms with Crippen molar-refractivity contribution < 1.29 is 0 Å². The Balaban J connectivity index is 2.92. The van der Waals surface area contributed by atoms with E-state index in [0.29, 0.717) is 16.9 Å². The first-order valence-corrected chi connectivity index (χ1v) is 4.38. The number of aromatic nitrogens is 3. The Morgan fingerprint density at radius 3 is 3.07 bits per heavy atom. The second-order valence-electron chi connectivity index (χ2n) is 2.95. The average Bonchev–Trinajstić information content (AvgIpc) is 2.47. The highest BCUT2D eigenvalue weighted by Gasteiger charge is 2.08. The Hall–Kier alpha value is -1.69. The zero-order valence-corrected chi connectivity index (χ0v) is 8.26. The standard InChI is InChI=1S/C8H8N4OS/c1-4-2-6(13)12-8(11-4)5(3-10-12)7(9)14/h2-3,10H,1H3,(H2,9,14). The fourth-order valence-electron chi connectivity index (χ4n) is 1.28. The number of rotatable bonds is 1. The van der Waals surface area contributed by atoms with Gasteiger partial charge in [0.1, 0.15) is 4.99 Å². The van der Waals surface area contributed by atoms with Crippen LogP contribution in [-0.2, 0) is 0 Å². The molecule has 0 atom stereocenters. The van der Waals surface area contributed by atoms with Crippen molar-refractivity contribution in [1.29, 1.82) is 0 Å². The van der Waals surface area contributed by atoms with Crippen molar-refractivity contribution in [3.05, 3.63) is 33.9 Å². The van der Waals surface area contributed by atoms with E-state index >= 15 is 0 Å². The molecular weight excluding hydrogens is 200 g/mol. The first kappa shape index (κ1) is 8.89. The maximum atomic E-state index is 11.4. The molecule has 0 unspecified atom stereocenters. The minimum atomic E-state index is -0.171. The van der Waals surface area contributed by atoms with Crippen molar-refractivity contribution in [1.82, 2.24) is 14.6 Å². The molecule has 3 N–H and O–H groups in total. The molecule has 0 radical (unpaired) electrons. The van der Waals surface area contributed by atoms with Gasteiger partial charge in [0.25, 0.3) is 5.56 Å². The SMILES string of the molecule is Cc1cc(=O)n2[nH]cc(C(N)=S)c2n1. The summed E-state index contributed by atoms with van der Waals surface area (Å²) in [6.07, 6.45) is 1.57. The van der Waals surface area contributed by atoms with E-state index in [2.05, 4.69) is 10.1 Å². The summed E-state index contributed by atoms with van der Waals surface area (Å²) >= 11 is 4.83. The molecule has 0 bridgehead atoms. The van der Waals surface area contributed by atoms with Gasteiger partial charge >= 0.3 is 0 Å². The van der Waals surface area contributed by atoms with Gasteiger partial charge in [0.05, 0.1) is 5.56 Å². The fraction of sp³-hybridized carbons (Fsp3) is 0.125. The number of hydrogen-bond acceptors (Lipinski definition) is 3. The number of nitrogens with two attached hydrogens (primary N) is 1. The quantitative estimate of drug-likeness (QED) is 0.645. The minimum Gasteiger partial charge on any atom is -0.389 e. The molecule has 2 heterocycles. The van der Waals surface area contributed by atoms with E-state index in [1.54, 1.807) is 13.1 Å². The van der Waals surface area contributed by atoms with Crippen LogP contribution in [-0.4, -0.2) is 19.6 Å². The van der Waals surface area contributed by atoms with Crippen LogP contribution in [0, 0.1) is 6.92 Å². The summed E-state index contributed by atoms with van der Waals surface area (Å²) in [5.74, 6) is 0. The summed E-state index contributed by atoms with van der Waals surface area (Å²) in [5, 5.41) is 2.74. The van der Waals surface area contributed by atoms with Gasteiger partial charge in [-0.15, -0.1) is 0 Å². The van der Waals surface area contributed by atoms with Crippen molar-refractivity contribution in [2.24, 2.45) is 5.73 Å². The van der Waals surface area contributed by atoms with Gasteiger partial charge in [0.15, 0.2) is 5.65 Å². The van der Waals surface area contributed by atoms with Crippen molar-refractivity contribution in [2.45, 2.75) is 6.92 Å². The summed E-state index contributed by atoms with van der Waals surface area (Å²) in [5.41, 5.74) is 7.01. The van der Waals surface area contributed by atoms with E-state index < -0.39 is 0 Å². The third kappa shape index (κ3) is 1.20. The summed E-state index contributed by atoms with van der Waals surface area (Å²) < 4.78 is 1.31. The summed E-state index contributed by atoms with van der Waals surface area (Å²) in [7, 11) is 0. The summed E-state index contributed by atoms with van der Waals surface area (Å²) in [6.45, 7) is 1.75. The van der Waals surface area contributed by atoms with Gasteiger partial charge in [-0.3, -0.25) is 9.89 Å².